The Hall–Kier alpha value is -4.12. The first-order valence-corrected chi connectivity index (χ1v) is 11.7. The summed E-state index contributed by atoms with van der Waals surface area (Å²) in [6, 6.07) is 16.4. The summed E-state index contributed by atoms with van der Waals surface area (Å²) in [6.07, 6.45) is 0.878. The van der Waals surface area contributed by atoms with Crippen molar-refractivity contribution in [3.63, 3.8) is 0 Å². The molecule has 0 saturated carbocycles. The van der Waals surface area contributed by atoms with E-state index in [1.165, 1.54) is 0 Å². The van der Waals surface area contributed by atoms with Gasteiger partial charge in [-0.1, -0.05) is 38.1 Å². The maximum Gasteiger partial charge on any atom is 0.224 e. The molecule has 1 amide bonds. The molecule has 0 unspecified atom stereocenters. The second-order valence-electron chi connectivity index (χ2n) is 9.17. The number of carbonyl (C=O) groups is 2. The van der Waals surface area contributed by atoms with Gasteiger partial charge in [0.1, 0.15) is 11.8 Å². The highest BCUT2D eigenvalue weighted by Crippen LogP contribution is 2.27. The molecule has 2 aromatic carbocycles. The van der Waals surface area contributed by atoms with E-state index in [9.17, 15) is 14.9 Å². The van der Waals surface area contributed by atoms with E-state index in [1.54, 1.807) is 13.2 Å². The zero-order chi connectivity index (χ0) is 24.9. The molecule has 0 radical (unpaired) electrons. The molecule has 8 heteroatoms. The van der Waals surface area contributed by atoms with Gasteiger partial charge in [0, 0.05) is 40.7 Å². The molecule has 2 atom stereocenters. The van der Waals surface area contributed by atoms with Crippen LogP contribution in [-0.2, 0) is 11.2 Å². The van der Waals surface area contributed by atoms with E-state index in [-0.39, 0.29) is 24.0 Å². The molecule has 0 fully saturated rings. The van der Waals surface area contributed by atoms with Gasteiger partial charge in [0.15, 0.2) is 5.78 Å². The van der Waals surface area contributed by atoms with E-state index in [1.807, 2.05) is 56.3 Å². The lowest BCUT2D eigenvalue weighted by Gasteiger charge is -2.20. The molecule has 0 aliphatic rings. The Labute approximate surface area is 203 Å². The predicted molar refractivity (Wildman–Crippen MR) is 134 cm³/mol. The number of methoxy groups -OCH3 is 1. The van der Waals surface area contributed by atoms with Gasteiger partial charge in [-0.3, -0.25) is 14.7 Å². The molecule has 0 bridgehead atoms. The molecule has 2 heterocycles. The molecule has 0 aliphatic heterocycles. The number of ketones is 1. The van der Waals surface area contributed by atoms with Crippen LogP contribution in [0.25, 0.3) is 21.8 Å². The number of ether oxygens (including phenoxy) is 1. The van der Waals surface area contributed by atoms with E-state index in [0.717, 1.165) is 27.5 Å². The number of amides is 1. The maximum absolute atomic E-state index is 13.2. The number of nitrogens with zero attached hydrogens (tertiary/aromatic N) is 2. The van der Waals surface area contributed by atoms with Gasteiger partial charge in [0.2, 0.25) is 5.91 Å². The molecular formula is C27H29N5O3. The van der Waals surface area contributed by atoms with Crippen LogP contribution in [0.2, 0.25) is 0 Å². The topological polar surface area (TPSA) is 124 Å². The number of hydrogen-bond acceptors (Lipinski definition) is 5. The van der Waals surface area contributed by atoms with E-state index in [2.05, 4.69) is 26.6 Å². The van der Waals surface area contributed by atoms with Gasteiger partial charge >= 0.3 is 0 Å². The molecule has 4 rings (SSSR count). The summed E-state index contributed by atoms with van der Waals surface area (Å²) in [5.41, 5.74) is 2.83. The smallest absolute Gasteiger partial charge is 0.224 e. The van der Waals surface area contributed by atoms with Crippen LogP contribution in [0.15, 0.2) is 48.5 Å². The van der Waals surface area contributed by atoms with Gasteiger partial charge in [-0.2, -0.15) is 10.4 Å². The van der Waals surface area contributed by atoms with Crippen LogP contribution in [0.4, 0.5) is 0 Å². The fraction of sp³-hybridized carbons (Fsp3) is 0.333. The normalized spacial score (nSPS) is 13.0. The number of para-hydroxylation sites is 1. The van der Waals surface area contributed by atoms with E-state index < -0.39 is 12.0 Å². The van der Waals surface area contributed by atoms with Crippen LogP contribution < -0.4 is 10.1 Å². The number of hydrogen-bond donors (Lipinski definition) is 3. The number of carbonyl (C=O) groups excluding carboxylic acids is 2. The second-order valence-corrected chi connectivity index (χ2v) is 9.17. The molecule has 3 N–H and O–H groups in total. The fourth-order valence-corrected chi connectivity index (χ4v) is 4.43. The number of nitriles is 1. The van der Waals surface area contributed by atoms with Crippen LogP contribution in [0, 0.1) is 23.2 Å². The van der Waals surface area contributed by atoms with Crippen LogP contribution in [0.5, 0.6) is 5.75 Å². The quantitative estimate of drug-likeness (QED) is 0.293. The largest absolute Gasteiger partial charge is 0.496 e. The van der Waals surface area contributed by atoms with Crippen LogP contribution in [0.3, 0.4) is 0 Å². The molecule has 8 nitrogen and oxygen atoms in total. The number of benzene rings is 2. The summed E-state index contributed by atoms with van der Waals surface area (Å²) in [5, 5.41) is 21.5. The first-order valence-electron chi connectivity index (χ1n) is 11.7. The van der Waals surface area contributed by atoms with Gasteiger partial charge in [0.05, 0.1) is 24.4 Å². The SMILES string of the molecule is COc1cccc2[nH]c(C(=O)C[C@@H](CC(C)C)C(=O)N[C@H](C#N)Cc3[nH]nc4ccccc34)cc12. The third-order valence-corrected chi connectivity index (χ3v) is 6.12. The standard InChI is InChI=1S/C27H29N5O3/c1-16(2)11-17(12-25(33)24-14-20-21(30-24)9-6-10-26(20)35-3)27(34)29-18(15-28)13-23-19-7-4-5-8-22(19)31-32-23/h4-10,14,16-18,30H,11-13H2,1-3H3,(H,29,34)(H,31,32)/t17-,18+/m1/s1. The van der Waals surface area contributed by atoms with Crippen molar-refractivity contribution in [3.8, 4) is 11.8 Å². The Morgan fingerprint density at radius 2 is 1.94 bits per heavy atom. The van der Waals surface area contributed by atoms with Crippen molar-refractivity contribution >= 4 is 33.5 Å². The van der Waals surface area contributed by atoms with Crippen molar-refractivity contribution in [1.82, 2.24) is 20.5 Å². The van der Waals surface area contributed by atoms with Crippen molar-refractivity contribution in [3.05, 3.63) is 59.9 Å². The van der Waals surface area contributed by atoms with Gasteiger partial charge in [-0.15, -0.1) is 0 Å². The van der Waals surface area contributed by atoms with E-state index >= 15 is 0 Å². The molecule has 180 valence electrons. The van der Waals surface area contributed by atoms with Crippen LogP contribution in [-0.4, -0.2) is 40.0 Å². The van der Waals surface area contributed by atoms with Crippen molar-refractivity contribution in [2.75, 3.05) is 7.11 Å². The minimum atomic E-state index is -0.742. The minimum Gasteiger partial charge on any atom is -0.496 e. The van der Waals surface area contributed by atoms with Gasteiger partial charge in [0.25, 0.3) is 0 Å². The lowest BCUT2D eigenvalue weighted by molar-refractivity contribution is -0.125. The summed E-state index contributed by atoms with van der Waals surface area (Å²) in [6.45, 7) is 4.02. The zero-order valence-corrected chi connectivity index (χ0v) is 20.1. The Morgan fingerprint density at radius 1 is 1.14 bits per heavy atom. The highest BCUT2D eigenvalue weighted by Gasteiger charge is 2.27. The zero-order valence-electron chi connectivity index (χ0n) is 20.1. The number of aromatic nitrogens is 3. The lowest BCUT2D eigenvalue weighted by atomic mass is 9.90. The number of rotatable bonds is 10. The Balaban J connectivity index is 1.48. The van der Waals surface area contributed by atoms with E-state index in [0.29, 0.717) is 24.3 Å². The van der Waals surface area contributed by atoms with Crippen LogP contribution >= 0.6 is 0 Å². The molecule has 2 aromatic heterocycles. The molecule has 35 heavy (non-hydrogen) atoms. The van der Waals surface area contributed by atoms with Crippen molar-refractivity contribution in [2.45, 2.75) is 39.2 Å². The van der Waals surface area contributed by atoms with E-state index in [4.69, 9.17) is 4.74 Å². The Bertz CT molecular complexity index is 1390. The summed E-state index contributed by atoms with van der Waals surface area (Å²) in [7, 11) is 1.59. The summed E-state index contributed by atoms with van der Waals surface area (Å²) in [5.74, 6) is -0.116. The van der Waals surface area contributed by atoms with Crippen LogP contribution in [0.1, 0.15) is 42.9 Å². The molecule has 0 aliphatic carbocycles. The Kier molecular flexibility index (Phi) is 7.16. The number of Topliss-reactive ketones (excluding diaryl/α,β-unsaturated/α-hetero) is 1. The molecule has 0 saturated heterocycles. The molecular weight excluding hydrogens is 442 g/mol. The minimum absolute atomic E-state index is 0.0459. The van der Waals surface area contributed by atoms with Gasteiger partial charge in [-0.05, 0) is 36.6 Å². The third-order valence-electron chi connectivity index (χ3n) is 6.12. The average Bonchev–Trinajstić information content (AvgIpc) is 3.47. The molecule has 0 spiro atoms. The lowest BCUT2D eigenvalue weighted by Crippen LogP contribution is -2.40. The average molecular weight is 472 g/mol. The predicted octanol–water partition coefficient (Wildman–Crippen LogP) is 4.54. The number of fused-ring (bicyclic) bond motifs is 2. The third kappa shape index (κ3) is 5.35. The highest BCUT2D eigenvalue weighted by molar-refractivity contribution is 6.02. The first kappa shape index (κ1) is 24.0. The summed E-state index contributed by atoms with van der Waals surface area (Å²) >= 11 is 0. The van der Waals surface area contributed by atoms with Crippen molar-refractivity contribution < 1.29 is 14.3 Å². The number of aromatic amines is 2. The Morgan fingerprint density at radius 3 is 2.69 bits per heavy atom. The summed E-state index contributed by atoms with van der Waals surface area (Å²) in [4.78, 5) is 29.5. The van der Waals surface area contributed by atoms with Crippen molar-refractivity contribution in [1.29, 1.82) is 5.26 Å². The summed E-state index contributed by atoms with van der Waals surface area (Å²) < 4.78 is 5.39. The maximum atomic E-state index is 13.2. The van der Waals surface area contributed by atoms with Gasteiger partial charge in [-0.25, -0.2) is 0 Å². The fourth-order valence-electron chi connectivity index (χ4n) is 4.43. The monoisotopic (exact) mass is 471 g/mol. The van der Waals surface area contributed by atoms with Crippen molar-refractivity contribution in [2.24, 2.45) is 11.8 Å². The number of nitrogens with one attached hydrogen (secondary N) is 3. The van der Waals surface area contributed by atoms with Gasteiger partial charge < -0.3 is 15.0 Å². The highest BCUT2D eigenvalue weighted by atomic mass is 16.5. The second kappa shape index (κ2) is 10.4. The first-order chi connectivity index (χ1) is 16.9. The molecule has 4 aromatic rings. The number of H-pyrrole nitrogens is 2.